The van der Waals surface area contributed by atoms with E-state index in [2.05, 4.69) is 4.90 Å². The van der Waals surface area contributed by atoms with E-state index in [-0.39, 0.29) is 5.69 Å². The van der Waals surface area contributed by atoms with E-state index in [9.17, 15) is 15.2 Å². The van der Waals surface area contributed by atoms with Gasteiger partial charge in [0.1, 0.15) is 0 Å². The number of aliphatic hydroxyl groups is 1. The van der Waals surface area contributed by atoms with Crippen LogP contribution in [0, 0.1) is 10.1 Å². The third-order valence-electron chi connectivity index (χ3n) is 3.37. The van der Waals surface area contributed by atoms with Crippen LogP contribution in [-0.2, 0) is 0 Å². The van der Waals surface area contributed by atoms with Crippen LogP contribution in [0.25, 0.3) is 0 Å². The summed E-state index contributed by atoms with van der Waals surface area (Å²) in [6.45, 7) is 2.67. The van der Waals surface area contributed by atoms with Crippen molar-refractivity contribution >= 4 is 5.69 Å². The summed E-state index contributed by atoms with van der Waals surface area (Å²) in [4.78, 5) is 12.3. The Morgan fingerprint density at radius 1 is 1.22 bits per heavy atom. The fourth-order valence-electron chi connectivity index (χ4n) is 2.31. The molecule has 1 N–H and O–H groups in total. The minimum Gasteiger partial charge on any atom is -0.387 e. The molecule has 2 rings (SSSR count). The second kappa shape index (κ2) is 5.93. The lowest BCUT2D eigenvalue weighted by Crippen LogP contribution is -2.33. The van der Waals surface area contributed by atoms with Crippen LogP contribution in [-0.4, -0.2) is 34.6 Å². The van der Waals surface area contributed by atoms with Crippen LogP contribution in [0.2, 0.25) is 0 Å². The zero-order chi connectivity index (χ0) is 13.0. The number of benzene rings is 1. The summed E-state index contributed by atoms with van der Waals surface area (Å²) in [5, 5.41) is 20.6. The monoisotopic (exact) mass is 250 g/mol. The van der Waals surface area contributed by atoms with E-state index in [1.54, 1.807) is 12.1 Å². The molecule has 0 amide bonds. The summed E-state index contributed by atoms with van der Waals surface area (Å²) in [6.07, 6.45) is 3.08. The molecule has 1 aromatic rings. The molecule has 0 aromatic heterocycles. The van der Waals surface area contributed by atoms with Crippen LogP contribution in [0.15, 0.2) is 24.3 Å². The van der Waals surface area contributed by atoms with Gasteiger partial charge < -0.3 is 10.0 Å². The van der Waals surface area contributed by atoms with Gasteiger partial charge >= 0.3 is 0 Å². The van der Waals surface area contributed by atoms with Crippen LogP contribution in [0.5, 0.6) is 0 Å². The fraction of sp³-hybridized carbons (Fsp3) is 0.538. The molecule has 1 aliphatic rings. The molecule has 0 spiro atoms. The number of β-amino-alcohol motifs (C(OH)–C–C–N with tert-alkyl or cyclic N) is 1. The van der Waals surface area contributed by atoms with Crippen molar-refractivity contribution in [1.29, 1.82) is 0 Å². The predicted octanol–water partition coefficient (Wildman–Crippen LogP) is 2.11. The number of rotatable bonds is 4. The number of nitro benzene ring substituents is 1. The standard InChI is InChI=1S/C13H18N2O3/c16-13(10-14-8-2-1-3-9-14)11-4-6-12(7-5-11)15(17)18/h4-7,13,16H,1-3,8-10H2/t13-/m0/s1. The molecule has 1 fully saturated rings. The van der Waals surface area contributed by atoms with Gasteiger partial charge in [0, 0.05) is 18.7 Å². The molecule has 1 saturated heterocycles. The molecular formula is C13H18N2O3. The smallest absolute Gasteiger partial charge is 0.269 e. The molecule has 5 heteroatoms. The summed E-state index contributed by atoms with van der Waals surface area (Å²) < 4.78 is 0. The number of nitro groups is 1. The summed E-state index contributed by atoms with van der Waals surface area (Å²) in [5.41, 5.74) is 0.801. The normalized spacial score (nSPS) is 18.5. The van der Waals surface area contributed by atoms with Gasteiger partial charge in [-0.25, -0.2) is 0 Å². The molecule has 0 bridgehead atoms. The van der Waals surface area contributed by atoms with Gasteiger partial charge in [0.05, 0.1) is 11.0 Å². The molecule has 1 heterocycles. The average Bonchev–Trinajstić information content (AvgIpc) is 2.40. The summed E-state index contributed by atoms with van der Waals surface area (Å²) in [6, 6.07) is 6.14. The molecule has 1 aliphatic heterocycles. The van der Waals surface area contributed by atoms with Gasteiger partial charge in [-0.15, -0.1) is 0 Å². The predicted molar refractivity (Wildman–Crippen MR) is 68.3 cm³/mol. The lowest BCUT2D eigenvalue weighted by molar-refractivity contribution is -0.384. The second-order valence-corrected chi connectivity index (χ2v) is 4.73. The van der Waals surface area contributed by atoms with E-state index < -0.39 is 11.0 Å². The van der Waals surface area contributed by atoms with Crippen molar-refractivity contribution in [2.24, 2.45) is 0 Å². The van der Waals surface area contributed by atoms with E-state index in [0.717, 1.165) is 18.7 Å². The maximum absolute atomic E-state index is 10.5. The van der Waals surface area contributed by atoms with E-state index in [1.165, 1.54) is 31.4 Å². The molecule has 0 saturated carbocycles. The van der Waals surface area contributed by atoms with Crippen molar-refractivity contribution in [1.82, 2.24) is 4.90 Å². The molecular weight excluding hydrogens is 232 g/mol. The summed E-state index contributed by atoms with van der Waals surface area (Å²) >= 11 is 0. The Kier molecular flexibility index (Phi) is 4.28. The quantitative estimate of drug-likeness (QED) is 0.656. The first-order chi connectivity index (χ1) is 8.66. The number of hydrogen-bond donors (Lipinski definition) is 1. The lowest BCUT2D eigenvalue weighted by atomic mass is 10.1. The van der Waals surface area contributed by atoms with Gasteiger partial charge in [0.2, 0.25) is 0 Å². The van der Waals surface area contributed by atoms with E-state index >= 15 is 0 Å². The highest BCUT2D eigenvalue weighted by Crippen LogP contribution is 2.20. The van der Waals surface area contributed by atoms with Crippen LogP contribution >= 0.6 is 0 Å². The highest BCUT2D eigenvalue weighted by atomic mass is 16.6. The number of piperidine rings is 1. The highest BCUT2D eigenvalue weighted by Gasteiger charge is 2.16. The van der Waals surface area contributed by atoms with Gasteiger partial charge in [0.15, 0.2) is 0 Å². The summed E-state index contributed by atoms with van der Waals surface area (Å²) in [5.74, 6) is 0. The summed E-state index contributed by atoms with van der Waals surface area (Å²) in [7, 11) is 0. The van der Waals surface area contributed by atoms with Crippen LogP contribution in [0.3, 0.4) is 0 Å². The van der Waals surface area contributed by atoms with Gasteiger partial charge in [-0.2, -0.15) is 0 Å². The topological polar surface area (TPSA) is 66.6 Å². The number of hydrogen-bond acceptors (Lipinski definition) is 4. The average molecular weight is 250 g/mol. The molecule has 0 radical (unpaired) electrons. The first kappa shape index (κ1) is 13.0. The van der Waals surface area contributed by atoms with Crippen molar-refractivity contribution in [2.45, 2.75) is 25.4 Å². The van der Waals surface area contributed by atoms with Crippen molar-refractivity contribution in [3.05, 3.63) is 39.9 Å². The molecule has 1 aromatic carbocycles. The number of nitrogens with zero attached hydrogens (tertiary/aromatic N) is 2. The van der Waals surface area contributed by atoms with Gasteiger partial charge in [-0.05, 0) is 43.6 Å². The van der Waals surface area contributed by atoms with Crippen LogP contribution in [0.1, 0.15) is 30.9 Å². The first-order valence-electron chi connectivity index (χ1n) is 6.31. The number of aliphatic hydroxyl groups excluding tert-OH is 1. The van der Waals surface area contributed by atoms with Crippen molar-refractivity contribution in [3.63, 3.8) is 0 Å². The van der Waals surface area contributed by atoms with E-state index in [1.807, 2.05) is 0 Å². The molecule has 0 unspecified atom stereocenters. The largest absolute Gasteiger partial charge is 0.387 e. The SMILES string of the molecule is O=[N+]([O-])c1ccc([C@@H](O)CN2CCCCC2)cc1. The molecule has 98 valence electrons. The Hall–Kier alpha value is -1.46. The third-order valence-corrected chi connectivity index (χ3v) is 3.37. The van der Waals surface area contributed by atoms with Crippen molar-refractivity contribution in [3.8, 4) is 0 Å². The van der Waals surface area contributed by atoms with Gasteiger partial charge in [-0.1, -0.05) is 6.42 Å². The van der Waals surface area contributed by atoms with Crippen molar-refractivity contribution < 1.29 is 10.0 Å². The number of non-ortho nitro benzene ring substituents is 1. The molecule has 0 aliphatic carbocycles. The van der Waals surface area contributed by atoms with E-state index in [0.29, 0.717) is 6.54 Å². The minimum absolute atomic E-state index is 0.0592. The molecule has 18 heavy (non-hydrogen) atoms. The minimum atomic E-state index is -0.566. The Balaban J connectivity index is 1.95. The molecule has 5 nitrogen and oxygen atoms in total. The lowest BCUT2D eigenvalue weighted by Gasteiger charge is -2.28. The number of likely N-dealkylation sites (tertiary alicyclic amines) is 1. The Morgan fingerprint density at radius 2 is 1.83 bits per heavy atom. The Bertz CT molecular complexity index is 399. The zero-order valence-corrected chi connectivity index (χ0v) is 10.3. The Labute approximate surface area is 106 Å². The maximum Gasteiger partial charge on any atom is 0.269 e. The second-order valence-electron chi connectivity index (χ2n) is 4.73. The third kappa shape index (κ3) is 3.27. The van der Waals surface area contributed by atoms with E-state index in [4.69, 9.17) is 0 Å². The molecule has 1 atom stereocenters. The van der Waals surface area contributed by atoms with Crippen LogP contribution < -0.4 is 0 Å². The van der Waals surface area contributed by atoms with Gasteiger partial charge in [0.25, 0.3) is 5.69 Å². The highest BCUT2D eigenvalue weighted by molar-refractivity contribution is 5.33. The zero-order valence-electron chi connectivity index (χ0n) is 10.3. The van der Waals surface area contributed by atoms with Gasteiger partial charge in [-0.3, -0.25) is 10.1 Å². The van der Waals surface area contributed by atoms with Crippen LogP contribution in [0.4, 0.5) is 5.69 Å². The Morgan fingerprint density at radius 3 is 2.39 bits per heavy atom. The first-order valence-corrected chi connectivity index (χ1v) is 6.31. The fourth-order valence-corrected chi connectivity index (χ4v) is 2.31. The van der Waals surface area contributed by atoms with Crippen molar-refractivity contribution in [2.75, 3.05) is 19.6 Å². The maximum atomic E-state index is 10.5.